The van der Waals surface area contributed by atoms with Crippen molar-refractivity contribution in [3.05, 3.63) is 115 Å². The minimum absolute atomic E-state index is 0.0697. The molecule has 0 spiro atoms. The number of piperidine rings is 3. The van der Waals surface area contributed by atoms with Gasteiger partial charge in [0, 0.05) is 143 Å². The predicted molar refractivity (Wildman–Crippen MR) is 453 cm³/mol. The number of para-hydroxylation sites is 1. The standard InChI is InChI=1S/C81H100N24O9S3/c1-44-58(72-95-53-7-5-6-8-55(53)115-72)67(98-76(92-44)89-42-78(82)21-33-104(34-22-78)51-11-25-84-26-12-51)94-54-37-50(41-108)64(63(54)109)113-70-61-56(15-29-86-70)116-74(96-61)60-46(3)93-77(90-43-79(83)23-35-105(36-24-79)52-13-27-85-28-14-52)100-69(60)102-81(112)20-10-49(40-107)66(81)114-71-62-57(16-30-87-71)117-73(97-62)59-45(2)91-75(88-38-47-17-31-103(4)32-18-47)99-68(59)101-80(111)19-9-48(39-106)65(80)110/h5-8,11-16,25-30,47-50,54,63-66,106-112H,9-10,17-24,31-43,82-83H2,1-4H3,(H2,88,91,99,101)(H2,89,92,94,98)(H2,90,93,100,102). The Balaban J connectivity index is 0.665. The van der Waals surface area contributed by atoms with Crippen molar-refractivity contribution in [3.63, 3.8) is 0 Å². The molecule has 11 aromatic rings. The van der Waals surface area contributed by atoms with Gasteiger partial charge in [-0.05, 0) is 166 Å². The van der Waals surface area contributed by atoms with Crippen LogP contribution in [-0.4, -0.2) is 244 Å². The van der Waals surface area contributed by atoms with E-state index in [4.69, 9.17) is 75.8 Å². The van der Waals surface area contributed by atoms with Crippen LogP contribution in [0.2, 0.25) is 0 Å². The number of benzene rings is 1. The number of thiazole rings is 3. The van der Waals surface area contributed by atoms with Crippen LogP contribution in [0.4, 0.5) is 46.7 Å². The molecule has 0 bridgehead atoms. The summed E-state index contributed by atoms with van der Waals surface area (Å²) in [6, 6.07) is 18.8. The van der Waals surface area contributed by atoms with Crippen molar-refractivity contribution in [1.29, 1.82) is 0 Å². The van der Waals surface area contributed by atoms with Crippen molar-refractivity contribution in [2.45, 2.75) is 144 Å². The molecule has 17 N–H and O–H groups in total. The maximum absolute atomic E-state index is 13.5. The first kappa shape index (κ1) is 79.8. The maximum Gasteiger partial charge on any atom is 0.241 e. The van der Waals surface area contributed by atoms with Gasteiger partial charge in [0.1, 0.15) is 61.8 Å². The van der Waals surface area contributed by atoms with Crippen LogP contribution in [0.25, 0.3) is 62.4 Å². The Morgan fingerprint density at radius 2 is 0.983 bits per heavy atom. The number of nitrogens with one attached hydrogen (secondary N) is 6. The Hall–Kier alpha value is -9.67. The molecule has 6 fully saturated rings. The highest BCUT2D eigenvalue weighted by atomic mass is 32.1. The summed E-state index contributed by atoms with van der Waals surface area (Å²) >= 11 is 4.15. The van der Waals surface area contributed by atoms with Gasteiger partial charge in [-0.15, -0.1) is 34.0 Å². The molecule has 33 nitrogen and oxygen atoms in total. The average molecular weight is 1650 g/mol. The first-order valence-corrected chi connectivity index (χ1v) is 42.7. The highest BCUT2D eigenvalue weighted by Gasteiger charge is 2.52. The van der Waals surface area contributed by atoms with Crippen LogP contribution in [-0.2, 0) is 0 Å². The summed E-state index contributed by atoms with van der Waals surface area (Å²) in [5.74, 6) is 0.572. The molecule has 3 saturated carbocycles. The lowest BCUT2D eigenvalue weighted by atomic mass is 9.88. The summed E-state index contributed by atoms with van der Waals surface area (Å²) in [7, 11) is 2.12. The third kappa shape index (κ3) is 16.6. The Bertz CT molecular complexity index is 5310. The quantitative estimate of drug-likeness (QED) is 0.0223. The lowest BCUT2D eigenvalue weighted by Gasteiger charge is -2.40. The fourth-order valence-corrected chi connectivity index (χ4v) is 20.6. The topological polar surface area (TPSA) is 462 Å². The lowest BCUT2D eigenvalue weighted by molar-refractivity contribution is -0.0545. The molecule has 17 rings (SSSR count). The van der Waals surface area contributed by atoms with Crippen LogP contribution < -0.4 is 62.6 Å². The number of aromatic nitrogens is 13. The van der Waals surface area contributed by atoms with Crippen LogP contribution in [0.3, 0.4) is 0 Å². The van der Waals surface area contributed by atoms with Crippen molar-refractivity contribution in [2.24, 2.45) is 35.1 Å². The summed E-state index contributed by atoms with van der Waals surface area (Å²) < 4.78 is 16.1. The van der Waals surface area contributed by atoms with Gasteiger partial charge in [0.25, 0.3) is 0 Å². The second-order valence-corrected chi connectivity index (χ2v) is 35.6. The smallest absolute Gasteiger partial charge is 0.241 e. The SMILES string of the molecule is Cc1nc(NCC2(N)CCN(c3ccncc3)CC2)nc(NC2CC(CO)C(Oc3nccc4sc(-c5c(C)nc(NCC6(N)CCN(c7ccncc7)CC6)nc5NC5(O)CCC(CO)C5Oc5nccc6sc(-c7c(C)nc(NCC8CCN(C)CC8)nc7NC7(O)CCC(CO)C7O)nc56)nc34)C2O)c1-c1nc2ccccc2s1. The Morgan fingerprint density at radius 3 is 1.52 bits per heavy atom. The monoisotopic (exact) mass is 1650 g/mol. The molecule has 13 heterocycles. The minimum atomic E-state index is -1.96. The van der Waals surface area contributed by atoms with Gasteiger partial charge in [-0.3, -0.25) is 9.97 Å². The molecule has 10 unspecified atom stereocenters. The molecule has 0 radical (unpaired) electrons. The predicted octanol–water partition coefficient (Wildman–Crippen LogP) is 7.38. The van der Waals surface area contributed by atoms with Gasteiger partial charge in [0.15, 0.2) is 17.6 Å². The Labute approximate surface area is 687 Å². The van der Waals surface area contributed by atoms with Gasteiger partial charge in [-0.25, -0.2) is 39.9 Å². The number of anilines is 8. The van der Waals surface area contributed by atoms with Crippen molar-refractivity contribution < 1.29 is 45.2 Å². The molecule has 36 heteroatoms. The lowest BCUT2D eigenvalue weighted by Crippen LogP contribution is -2.54. The number of fused-ring (bicyclic) bond motifs is 3. The second-order valence-electron chi connectivity index (χ2n) is 32.5. The van der Waals surface area contributed by atoms with E-state index in [1.165, 1.54) is 34.0 Å². The Kier molecular flexibility index (Phi) is 22.7. The van der Waals surface area contributed by atoms with E-state index in [9.17, 15) is 35.7 Å². The normalized spacial score (nSPS) is 24.9. The van der Waals surface area contributed by atoms with E-state index in [2.05, 4.69) is 63.6 Å². The number of nitrogens with zero attached hydrogens (tertiary/aromatic N) is 16. The fraction of sp³-hybridized carbons (Fsp3) is 0.494. The van der Waals surface area contributed by atoms with Gasteiger partial charge in [0.05, 0.1) is 59.4 Å². The molecule has 10 aromatic heterocycles. The molecule has 3 aliphatic heterocycles. The number of hydrogen-bond acceptors (Lipinski definition) is 36. The average Bonchev–Trinajstić information content (AvgIpc) is 1.63. The number of aliphatic hydroxyl groups excluding tert-OH is 5. The summed E-state index contributed by atoms with van der Waals surface area (Å²) in [6.07, 6.45) is 11.7. The first-order chi connectivity index (χ1) is 56.6. The molecule has 616 valence electrons. The number of pyridine rings is 4. The van der Waals surface area contributed by atoms with E-state index in [1.54, 1.807) is 43.2 Å². The van der Waals surface area contributed by atoms with Gasteiger partial charge in [0.2, 0.25) is 29.6 Å². The number of hydrogen-bond donors (Lipinski definition) is 15. The number of aryl methyl sites for hydroxylation is 3. The van der Waals surface area contributed by atoms with Crippen LogP contribution in [0.15, 0.2) is 97.8 Å². The molecule has 10 atom stereocenters. The third-order valence-electron chi connectivity index (χ3n) is 24.5. The maximum atomic E-state index is 13.5. The summed E-state index contributed by atoms with van der Waals surface area (Å²) in [4.78, 5) is 70.5. The molecule has 3 saturated heterocycles. The van der Waals surface area contributed by atoms with E-state index < -0.39 is 70.7 Å². The number of aliphatic hydroxyl groups is 7. The molecule has 1 aromatic carbocycles. The number of nitrogens with two attached hydrogens (primary N) is 2. The van der Waals surface area contributed by atoms with Gasteiger partial charge < -0.3 is 103 Å². The van der Waals surface area contributed by atoms with E-state index in [0.717, 1.165) is 73.5 Å². The van der Waals surface area contributed by atoms with Crippen LogP contribution in [0, 0.1) is 44.4 Å². The van der Waals surface area contributed by atoms with Crippen LogP contribution >= 0.6 is 34.0 Å². The second kappa shape index (κ2) is 33.3. The van der Waals surface area contributed by atoms with Gasteiger partial charge >= 0.3 is 0 Å². The van der Waals surface area contributed by atoms with Crippen molar-refractivity contribution >= 4 is 111 Å². The minimum Gasteiger partial charge on any atom is -0.470 e. The summed E-state index contributed by atoms with van der Waals surface area (Å²) in [5.41, 5.74) is 16.3. The summed E-state index contributed by atoms with van der Waals surface area (Å²) in [6.45, 7) is 10.9. The van der Waals surface area contributed by atoms with Crippen LogP contribution in [0.1, 0.15) is 87.7 Å². The third-order valence-corrected chi connectivity index (χ3v) is 27.6. The largest absolute Gasteiger partial charge is 0.470 e. The summed E-state index contributed by atoms with van der Waals surface area (Å²) in [5, 5.41) is 105. The first-order valence-electron chi connectivity index (χ1n) is 40.2. The Morgan fingerprint density at radius 1 is 0.504 bits per heavy atom. The molecule has 117 heavy (non-hydrogen) atoms. The number of ether oxygens (including phenoxy) is 2. The van der Waals surface area contributed by atoms with E-state index >= 15 is 0 Å². The zero-order chi connectivity index (χ0) is 80.9. The highest BCUT2D eigenvalue weighted by Crippen LogP contribution is 2.48. The van der Waals surface area contributed by atoms with Gasteiger partial charge in [-0.2, -0.15) is 15.0 Å². The van der Waals surface area contributed by atoms with Crippen LogP contribution in [0.5, 0.6) is 11.8 Å². The van der Waals surface area contributed by atoms with Crippen molar-refractivity contribution in [2.75, 3.05) is 127 Å². The number of rotatable bonds is 27. The molecular formula is C81H100N24O9S3. The van der Waals surface area contributed by atoms with E-state index in [0.29, 0.717) is 151 Å². The van der Waals surface area contributed by atoms with E-state index in [-0.39, 0.29) is 68.4 Å². The van der Waals surface area contributed by atoms with Gasteiger partial charge in [-0.1, -0.05) is 12.1 Å². The zero-order valence-corrected chi connectivity index (χ0v) is 68.1. The molecule has 0 amide bonds. The van der Waals surface area contributed by atoms with Crippen molar-refractivity contribution in [3.8, 4) is 43.5 Å². The molecule has 6 aliphatic rings. The van der Waals surface area contributed by atoms with E-state index in [1.807, 2.05) is 75.4 Å². The molecule has 3 aliphatic carbocycles. The highest BCUT2D eigenvalue weighted by molar-refractivity contribution is 7.22. The number of likely N-dealkylation sites (tertiary alicyclic amines) is 1. The zero-order valence-electron chi connectivity index (χ0n) is 65.7. The van der Waals surface area contributed by atoms with Crippen molar-refractivity contribution in [1.82, 2.24) is 69.7 Å². The molecular weight excluding hydrogens is 1550 g/mol. The fourth-order valence-electron chi connectivity index (χ4n) is 17.4.